The highest BCUT2D eigenvalue weighted by Crippen LogP contribution is 2.24. The van der Waals surface area contributed by atoms with Gasteiger partial charge in [-0.25, -0.2) is 0 Å². The molecule has 0 saturated carbocycles. The van der Waals surface area contributed by atoms with E-state index in [-0.39, 0.29) is 24.9 Å². The highest BCUT2D eigenvalue weighted by molar-refractivity contribution is 6.30. The van der Waals surface area contributed by atoms with Crippen LogP contribution in [0.25, 0.3) is 0 Å². The maximum absolute atomic E-state index is 12.9. The number of carboxylic acids is 1. The third kappa shape index (κ3) is 5.61. The van der Waals surface area contributed by atoms with Crippen molar-refractivity contribution >= 4 is 23.5 Å². The monoisotopic (exact) mass is 369 g/mol. The molecule has 0 unspecified atom stereocenters. The van der Waals surface area contributed by atoms with Gasteiger partial charge in [-0.2, -0.15) is 0 Å². The number of carbonyl (C=O) groups excluding carboxylic acids is 1. The van der Waals surface area contributed by atoms with Crippen LogP contribution in [-0.4, -0.2) is 53.8 Å². The lowest BCUT2D eigenvalue weighted by atomic mass is 10.1. The molecule has 0 radical (unpaired) electrons. The topological polar surface area (TPSA) is 76.1 Å². The molecule has 0 aliphatic carbocycles. The van der Waals surface area contributed by atoms with Crippen LogP contribution in [0.1, 0.15) is 31.7 Å². The van der Waals surface area contributed by atoms with E-state index < -0.39 is 12.1 Å². The quantitative estimate of drug-likeness (QED) is 0.799. The molecule has 0 aromatic heterocycles. The summed E-state index contributed by atoms with van der Waals surface area (Å²) in [5.41, 5.74) is 0.843. The summed E-state index contributed by atoms with van der Waals surface area (Å²) in [6.45, 7) is 4.87. The van der Waals surface area contributed by atoms with E-state index in [0.29, 0.717) is 36.8 Å². The molecule has 1 amide bonds. The molecule has 2 rings (SSSR count). The van der Waals surface area contributed by atoms with E-state index in [1.165, 1.54) is 0 Å². The molecule has 6 nitrogen and oxygen atoms in total. The van der Waals surface area contributed by atoms with E-state index >= 15 is 0 Å². The van der Waals surface area contributed by atoms with E-state index in [1.54, 1.807) is 30.0 Å². The first-order chi connectivity index (χ1) is 11.9. The first-order valence-electron chi connectivity index (χ1n) is 8.41. The summed E-state index contributed by atoms with van der Waals surface area (Å²) in [5, 5.41) is 9.58. The average Bonchev–Trinajstić information content (AvgIpc) is 2.58. The molecule has 7 heteroatoms. The van der Waals surface area contributed by atoms with Crippen molar-refractivity contribution in [1.82, 2.24) is 4.90 Å². The van der Waals surface area contributed by atoms with Gasteiger partial charge in [-0.15, -0.1) is 0 Å². The predicted octanol–water partition coefficient (Wildman–Crippen LogP) is 2.90. The standard InChI is InChI=1S/C18H24ClNO5/c1-12-11-14(19)3-4-16(12)25-13(2)18(23)20(8-5-17(21)22)15-6-9-24-10-7-15/h3-4,11,13,15H,5-10H2,1-2H3,(H,21,22)/t13-/m0/s1. The molecule has 1 atom stereocenters. The second kappa shape index (κ2) is 9.06. The molecule has 1 aliphatic rings. The van der Waals surface area contributed by atoms with Crippen LogP contribution in [-0.2, 0) is 14.3 Å². The zero-order valence-corrected chi connectivity index (χ0v) is 15.3. The van der Waals surface area contributed by atoms with Crippen LogP contribution in [0.4, 0.5) is 0 Å². The second-order valence-corrected chi connectivity index (χ2v) is 6.63. The van der Waals surface area contributed by atoms with Crippen molar-refractivity contribution in [2.24, 2.45) is 0 Å². The summed E-state index contributed by atoms with van der Waals surface area (Å²) >= 11 is 5.94. The van der Waals surface area contributed by atoms with Crippen LogP contribution in [0.15, 0.2) is 18.2 Å². The third-order valence-electron chi connectivity index (χ3n) is 4.27. The summed E-state index contributed by atoms with van der Waals surface area (Å²) in [6, 6.07) is 5.20. The largest absolute Gasteiger partial charge is 0.481 e. The van der Waals surface area contributed by atoms with Crippen molar-refractivity contribution in [3.05, 3.63) is 28.8 Å². The van der Waals surface area contributed by atoms with Gasteiger partial charge in [0, 0.05) is 30.8 Å². The SMILES string of the molecule is Cc1cc(Cl)ccc1O[C@@H](C)C(=O)N(CCC(=O)O)C1CCOCC1. The molecular formula is C18H24ClNO5. The van der Waals surface area contributed by atoms with Crippen LogP contribution in [0.5, 0.6) is 5.75 Å². The van der Waals surface area contributed by atoms with Gasteiger partial charge in [-0.05, 0) is 50.5 Å². The van der Waals surface area contributed by atoms with E-state index in [9.17, 15) is 9.59 Å². The number of nitrogens with zero attached hydrogens (tertiary/aromatic N) is 1. The molecule has 1 fully saturated rings. The number of aliphatic carboxylic acids is 1. The Hall–Kier alpha value is -1.79. The maximum atomic E-state index is 12.9. The van der Waals surface area contributed by atoms with Crippen molar-refractivity contribution in [2.45, 2.75) is 45.3 Å². The van der Waals surface area contributed by atoms with Gasteiger partial charge in [0.05, 0.1) is 6.42 Å². The number of rotatable bonds is 7. The van der Waals surface area contributed by atoms with Gasteiger partial charge in [-0.1, -0.05) is 11.6 Å². The first kappa shape index (κ1) is 19.5. The molecule has 1 saturated heterocycles. The molecule has 1 aromatic carbocycles. The maximum Gasteiger partial charge on any atom is 0.305 e. The zero-order chi connectivity index (χ0) is 18.4. The molecule has 1 aromatic rings. The normalized spacial score (nSPS) is 16.3. The van der Waals surface area contributed by atoms with E-state index in [0.717, 1.165) is 5.56 Å². The number of halogens is 1. The Balaban J connectivity index is 2.08. The molecule has 0 spiro atoms. The van der Waals surface area contributed by atoms with Crippen LogP contribution >= 0.6 is 11.6 Å². The minimum absolute atomic E-state index is 0.0158. The molecule has 25 heavy (non-hydrogen) atoms. The number of ether oxygens (including phenoxy) is 2. The molecule has 1 heterocycles. The Morgan fingerprint density at radius 1 is 1.40 bits per heavy atom. The average molecular weight is 370 g/mol. The van der Waals surface area contributed by atoms with Crippen molar-refractivity contribution in [3.8, 4) is 5.75 Å². The Morgan fingerprint density at radius 2 is 2.08 bits per heavy atom. The number of benzene rings is 1. The lowest BCUT2D eigenvalue weighted by molar-refractivity contribution is -0.144. The van der Waals surface area contributed by atoms with Gasteiger partial charge in [-0.3, -0.25) is 9.59 Å². The number of carboxylic acid groups (broad SMARTS) is 1. The highest BCUT2D eigenvalue weighted by Gasteiger charge is 2.30. The van der Waals surface area contributed by atoms with E-state index in [2.05, 4.69) is 0 Å². The minimum atomic E-state index is -0.924. The molecular weight excluding hydrogens is 346 g/mol. The fourth-order valence-corrected chi connectivity index (χ4v) is 3.13. The third-order valence-corrected chi connectivity index (χ3v) is 4.50. The van der Waals surface area contributed by atoms with Gasteiger partial charge < -0.3 is 19.5 Å². The van der Waals surface area contributed by atoms with Gasteiger partial charge >= 0.3 is 5.97 Å². The van der Waals surface area contributed by atoms with Crippen LogP contribution in [0.2, 0.25) is 5.02 Å². The summed E-state index contributed by atoms with van der Waals surface area (Å²) in [6.07, 6.45) is 0.614. The van der Waals surface area contributed by atoms with Crippen molar-refractivity contribution in [3.63, 3.8) is 0 Å². The van der Waals surface area contributed by atoms with Crippen molar-refractivity contribution in [1.29, 1.82) is 0 Å². The highest BCUT2D eigenvalue weighted by atomic mass is 35.5. The molecule has 0 bridgehead atoms. The number of hydrogen-bond donors (Lipinski definition) is 1. The van der Waals surface area contributed by atoms with Gasteiger partial charge in [0.25, 0.3) is 5.91 Å². The number of amides is 1. The summed E-state index contributed by atoms with van der Waals surface area (Å²) in [7, 11) is 0. The van der Waals surface area contributed by atoms with Gasteiger partial charge in [0.2, 0.25) is 0 Å². The number of aryl methyl sites for hydroxylation is 1. The van der Waals surface area contributed by atoms with Crippen molar-refractivity contribution < 1.29 is 24.2 Å². The van der Waals surface area contributed by atoms with Gasteiger partial charge in [0.1, 0.15) is 5.75 Å². The Morgan fingerprint density at radius 3 is 2.68 bits per heavy atom. The van der Waals surface area contributed by atoms with Gasteiger partial charge in [0.15, 0.2) is 6.10 Å². The number of carbonyl (C=O) groups is 2. The zero-order valence-electron chi connectivity index (χ0n) is 14.5. The Bertz CT molecular complexity index is 615. The summed E-state index contributed by atoms with van der Waals surface area (Å²) < 4.78 is 11.2. The molecule has 138 valence electrons. The van der Waals surface area contributed by atoms with Crippen LogP contribution < -0.4 is 4.74 Å². The summed E-state index contributed by atoms with van der Waals surface area (Å²) in [4.78, 5) is 25.5. The number of hydrogen-bond acceptors (Lipinski definition) is 4. The fraction of sp³-hybridized carbons (Fsp3) is 0.556. The predicted molar refractivity (Wildman–Crippen MR) is 94.1 cm³/mol. The Kier molecular flexibility index (Phi) is 7.08. The fourth-order valence-electron chi connectivity index (χ4n) is 2.91. The second-order valence-electron chi connectivity index (χ2n) is 6.19. The first-order valence-corrected chi connectivity index (χ1v) is 8.79. The van der Waals surface area contributed by atoms with Crippen LogP contribution in [0.3, 0.4) is 0 Å². The minimum Gasteiger partial charge on any atom is -0.481 e. The lowest BCUT2D eigenvalue weighted by Crippen LogP contribution is -2.49. The smallest absolute Gasteiger partial charge is 0.305 e. The lowest BCUT2D eigenvalue weighted by Gasteiger charge is -2.35. The molecule has 1 N–H and O–H groups in total. The van der Waals surface area contributed by atoms with Crippen molar-refractivity contribution in [2.75, 3.05) is 19.8 Å². The van der Waals surface area contributed by atoms with Crippen LogP contribution in [0, 0.1) is 6.92 Å². The van der Waals surface area contributed by atoms with E-state index in [4.69, 9.17) is 26.2 Å². The Labute approximate surface area is 152 Å². The summed E-state index contributed by atoms with van der Waals surface area (Å²) in [5.74, 6) is -0.537. The van der Waals surface area contributed by atoms with E-state index in [1.807, 2.05) is 6.92 Å². The molecule has 1 aliphatic heterocycles.